The second kappa shape index (κ2) is 5.71. The van der Waals surface area contributed by atoms with Crippen LogP contribution in [0.25, 0.3) is 0 Å². The maximum absolute atomic E-state index is 10.8. The molecule has 0 spiro atoms. The van der Waals surface area contributed by atoms with E-state index in [0.29, 0.717) is 6.54 Å². The largest absolute Gasteiger partial charge is 0.215 e. The SMILES string of the molecule is CS(=O)(=O)NCCCC1CCCCC1. The topological polar surface area (TPSA) is 46.2 Å². The molecule has 1 fully saturated rings. The van der Waals surface area contributed by atoms with E-state index in [1.807, 2.05) is 0 Å². The van der Waals surface area contributed by atoms with Crippen LogP contribution in [0.3, 0.4) is 0 Å². The molecule has 0 saturated heterocycles. The number of hydrogen-bond donors (Lipinski definition) is 1. The van der Waals surface area contributed by atoms with Crippen LogP contribution in [0.2, 0.25) is 0 Å². The summed E-state index contributed by atoms with van der Waals surface area (Å²) in [5.74, 6) is 0.852. The van der Waals surface area contributed by atoms with Gasteiger partial charge in [-0.2, -0.15) is 0 Å². The highest BCUT2D eigenvalue weighted by Gasteiger charge is 2.12. The molecule has 1 aliphatic carbocycles. The lowest BCUT2D eigenvalue weighted by molar-refractivity contribution is 0.333. The molecule has 0 aliphatic heterocycles. The quantitative estimate of drug-likeness (QED) is 0.718. The average Bonchev–Trinajstić information content (AvgIpc) is 2.13. The van der Waals surface area contributed by atoms with Crippen molar-refractivity contribution >= 4 is 10.0 Å². The van der Waals surface area contributed by atoms with Crippen molar-refractivity contribution in [1.82, 2.24) is 4.72 Å². The molecule has 84 valence electrons. The zero-order valence-electron chi connectivity index (χ0n) is 8.96. The first-order chi connectivity index (χ1) is 6.58. The molecular weight excluding hydrogens is 198 g/mol. The standard InChI is InChI=1S/C10H21NO2S/c1-14(12,13)11-9-5-8-10-6-3-2-4-7-10/h10-11H,2-9H2,1H3. The molecule has 1 N–H and O–H groups in total. The summed E-state index contributed by atoms with van der Waals surface area (Å²) in [6, 6.07) is 0. The van der Waals surface area contributed by atoms with Crippen molar-refractivity contribution < 1.29 is 8.42 Å². The molecule has 0 aromatic heterocycles. The summed E-state index contributed by atoms with van der Waals surface area (Å²) in [5.41, 5.74) is 0. The van der Waals surface area contributed by atoms with Gasteiger partial charge >= 0.3 is 0 Å². The van der Waals surface area contributed by atoms with Crippen LogP contribution in [-0.2, 0) is 10.0 Å². The molecule has 0 radical (unpaired) electrons. The van der Waals surface area contributed by atoms with Crippen LogP contribution in [-0.4, -0.2) is 21.2 Å². The molecule has 0 aromatic rings. The van der Waals surface area contributed by atoms with Gasteiger partial charge in [0.05, 0.1) is 6.26 Å². The predicted octanol–water partition coefficient (Wildman–Crippen LogP) is 1.90. The summed E-state index contributed by atoms with van der Waals surface area (Å²) in [7, 11) is -2.98. The summed E-state index contributed by atoms with van der Waals surface area (Å²) >= 11 is 0. The van der Waals surface area contributed by atoms with E-state index >= 15 is 0 Å². The minimum Gasteiger partial charge on any atom is -0.215 e. The first-order valence-corrected chi connectivity index (χ1v) is 7.42. The van der Waals surface area contributed by atoms with Crippen molar-refractivity contribution in [2.24, 2.45) is 5.92 Å². The molecule has 1 aliphatic rings. The Kier molecular flexibility index (Phi) is 4.89. The maximum atomic E-state index is 10.8. The highest BCUT2D eigenvalue weighted by atomic mass is 32.2. The Balaban J connectivity index is 2.03. The van der Waals surface area contributed by atoms with Gasteiger partial charge in [-0.3, -0.25) is 0 Å². The smallest absolute Gasteiger partial charge is 0.208 e. The van der Waals surface area contributed by atoms with Crippen LogP contribution in [0.5, 0.6) is 0 Å². The normalized spacial score (nSPS) is 19.8. The molecule has 0 amide bonds. The summed E-state index contributed by atoms with van der Waals surface area (Å²) in [6.45, 7) is 0.606. The van der Waals surface area contributed by atoms with E-state index in [-0.39, 0.29) is 0 Å². The van der Waals surface area contributed by atoms with Crippen LogP contribution in [0, 0.1) is 5.92 Å². The molecule has 1 rings (SSSR count). The third-order valence-corrected chi connectivity index (χ3v) is 3.61. The lowest BCUT2D eigenvalue weighted by Crippen LogP contribution is -2.23. The number of rotatable bonds is 5. The monoisotopic (exact) mass is 219 g/mol. The lowest BCUT2D eigenvalue weighted by atomic mass is 9.86. The van der Waals surface area contributed by atoms with Crippen LogP contribution < -0.4 is 4.72 Å². The van der Waals surface area contributed by atoms with Crippen LogP contribution >= 0.6 is 0 Å². The minimum atomic E-state index is -2.98. The van der Waals surface area contributed by atoms with E-state index in [4.69, 9.17) is 0 Å². The third kappa shape index (κ3) is 5.60. The number of nitrogens with one attached hydrogen (secondary N) is 1. The Morgan fingerprint density at radius 1 is 1.21 bits per heavy atom. The maximum Gasteiger partial charge on any atom is 0.208 e. The second-order valence-corrected chi connectivity index (χ2v) is 6.15. The highest BCUT2D eigenvalue weighted by molar-refractivity contribution is 7.88. The van der Waals surface area contributed by atoms with Crippen LogP contribution in [0.4, 0.5) is 0 Å². The predicted molar refractivity (Wildman–Crippen MR) is 58.7 cm³/mol. The minimum absolute atomic E-state index is 0.606. The molecule has 0 heterocycles. The molecule has 3 nitrogen and oxygen atoms in total. The molecule has 4 heteroatoms. The van der Waals surface area contributed by atoms with E-state index in [9.17, 15) is 8.42 Å². The molecule has 1 saturated carbocycles. The molecular formula is C10H21NO2S. The van der Waals surface area contributed by atoms with Crippen molar-refractivity contribution in [2.45, 2.75) is 44.9 Å². The van der Waals surface area contributed by atoms with Gasteiger partial charge < -0.3 is 0 Å². The third-order valence-electron chi connectivity index (χ3n) is 2.88. The first kappa shape index (κ1) is 12.0. The van der Waals surface area contributed by atoms with Crippen LogP contribution in [0.1, 0.15) is 44.9 Å². The van der Waals surface area contributed by atoms with Gasteiger partial charge in [-0.05, 0) is 18.8 Å². The number of hydrogen-bond acceptors (Lipinski definition) is 2. The molecule has 0 unspecified atom stereocenters. The zero-order valence-corrected chi connectivity index (χ0v) is 9.78. The molecule has 14 heavy (non-hydrogen) atoms. The highest BCUT2D eigenvalue weighted by Crippen LogP contribution is 2.26. The van der Waals surface area contributed by atoms with Gasteiger partial charge in [-0.1, -0.05) is 32.1 Å². The first-order valence-electron chi connectivity index (χ1n) is 5.52. The fourth-order valence-electron chi connectivity index (χ4n) is 2.12. The van der Waals surface area contributed by atoms with Gasteiger partial charge in [0.2, 0.25) is 10.0 Å². The Morgan fingerprint density at radius 3 is 2.43 bits per heavy atom. The van der Waals surface area contributed by atoms with Crippen molar-refractivity contribution in [3.63, 3.8) is 0 Å². The molecule has 0 bridgehead atoms. The van der Waals surface area contributed by atoms with E-state index in [0.717, 1.165) is 12.3 Å². The van der Waals surface area contributed by atoms with Crippen LogP contribution in [0.15, 0.2) is 0 Å². The Bertz CT molecular complexity index is 243. The van der Waals surface area contributed by atoms with Crippen molar-refractivity contribution in [3.8, 4) is 0 Å². The van der Waals surface area contributed by atoms with E-state index in [1.54, 1.807) is 0 Å². The van der Waals surface area contributed by atoms with Crippen molar-refractivity contribution in [2.75, 3.05) is 12.8 Å². The van der Waals surface area contributed by atoms with Gasteiger partial charge in [0.15, 0.2) is 0 Å². The van der Waals surface area contributed by atoms with Gasteiger partial charge in [0.1, 0.15) is 0 Å². The van der Waals surface area contributed by atoms with E-state index < -0.39 is 10.0 Å². The van der Waals surface area contributed by atoms with Crippen molar-refractivity contribution in [3.05, 3.63) is 0 Å². The molecule has 0 aromatic carbocycles. The Morgan fingerprint density at radius 2 is 1.86 bits per heavy atom. The summed E-state index contributed by atoms with van der Waals surface area (Å²) < 4.78 is 24.1. The van der Waals surface area contributed by atoms with Gasteiger partial charge in [-0.25, -0.2) is 13.1 Å². The lowest BCUT2D eigenvalue weighted by Gasteiger charge is -2.21. The zero-order chi connectivity index (χ0) is 10.4. The van der Waals surface area contributed by atoms with E-state index in [1.165, 1.54) is 44.8 Å². The number of sulfonamides is 1. The fourth-order valence-corrected chi connectivity index (χ4v) is 2.64. The summed E-state index contributed by atoms with van der Waals surface area (Å²) in [4.78, 5) is 0. The van der Waals surface area contributed by atoms with E-state index in [2.05, 4.69) is 4.72 Å². The summed E-state index contributed by atoms with van der Waals surface area (Å²) in [5, 5.41) is 0. The second-order valence-electron chi connectivity index (χ2n) is 4.31. The van der Waals surface area contributed by atoms with Gasteiger partial charge in [0, 0.05) is 6.54 Å². The fraction of sp³-hybridized carbons (Fsp3) is 1.00. The average molecular weight is 219 g/mol. The summed E-state index contributed by atoms with van der Waals surface area (Å²) in [6.07, 6.45) is 10.2. The van der Waals surface area contributed by atoms with Gasteiger partial charge in [-0.15, -0.1) is 0 Å². The Hall–Kier alpha value is -0.0900. The van der Waals surface area contributed by atoms with Crippen molar-refractivity contribution in [1.29, 1.82) is 0 Å². The Labute approximate surface area is 87.3 Å². The molecule has 0 atom stereocenters. The van der Waals surface area contributed by atoms with Gasteiger partial charge in [0.25, 0.3) is 0 Å².